The van der Waals surface area contributed by atoms with E-state index in [4.69, 9.17) is 0 Å². The molecule has 1 aromatic carbocycles. The van der Waals surface area contributed by atoms with Gasteiger partial charge >= 0.3 is 0 Å². The number of halogens is 1. The monoisotopic (exact) mass is 252 g/mol. The molecule has 0 aliphatic heterocycles. The summed E-state index contributed by atoms with van der Waals surface area (Å²) in [6.45, 7) is 8.16. The molecule has 0 bridgehead atoms. The van der Waals surface area contributed by atoms with Crippen molar-refractivity contribution in [3.8, 4) is 0 Å². The molecule has 14 heavy (non-hydrogen) atoms. The van der Waals surface area contributed by atoms with Gasteiger partial charge in [0.15, 0.2) is 0 Å². The summed E-state index contributed by atoms with van der Waals surface area (Å²) in [6.07, 6.45) is 4.16. The fourth-order valence-electron chi connectivity index (χ4n) is 1.46. The molecule has 0 radical (unpaired) electrons. The Kier molecular flexibility index (Phi) is 4.40. The third-order valence-corrected chi connectivity index (χ3v) is 3.20. The lowest BCUT2D eigenvalue weighted by Gasteiger charge is -2.08. The third kappa shape index (κ3) is 2.98. The highest BCUT2D eigenvalue weighted by Crippen LogP contribution is 2.20. The molecule has 0 aliphatic carbocycles. The van der Waals surface area contributed by atoms with Gasteiger partial charge in [0.05, 0.1) is 0 Å². The molecule has 0 fully saturated rings. The number of aryl methyl sites for hydroxylation is 1. The molecule has 76 valence electrons. The first kappa shape index (κ1) is 11.5. The lowest BCUT2D eigenvalue weighted by atomic mass is 10.00. The van der Waals surface area contributed by atoms with Crippen LogP contribution in [0, 0.1) is 5.92 Å². The lowest BCUT2D eigenvalue weighted by Crippen LogP contribution is -1.96. The standard InChI is InChI=1S/C13H17Br/c1-4-10(3)8-11-6-7-12(5-2)13(14)9-11/h4,6-7,9-10H,1,5,8H2,2-3H3. The molecule has 0 saturated heterocycles. The van der Waals surface area contributed by atoms with Crippen LogP contribution in [0.25, 0.3) is 0 Å². The Morgan fingerprint density at radius 3 is 2.71 bits per heavy atom. The van der Waals surface area contributed by atoms with Crippen LogP contribution in [0.1, 0.15) is 25.0 Å². The van der Waals surface area contributed by atoms with E-state index in [0.29, 0.717) is 5.92 Å². The number of allylic oxidation sites excluding steroid dienone is 1. The first-order valence-corrected chi connectivity index (χ1v) is 5.86. The van der Waals surface area contributed by atoms with Gasteiger partial charge in [-0.2, -0.15) is 0 Å². The van der Waals surface area contributed by atoms with Crippen molar-refractivity contribution in [2.24, 2.45) is 5.92 Å². The Morgan fingerprint density at radius 2 is 2.21 bits per heavy atom. The van der Waals surface area contributed by atoms with Gasteiger partial charge in [-0.1, -0.05) is 48.0 Å². The van der Waals surface area contributed by atoms with Gasteiger partial charge in [-0.3, -0.25) is 0 Å². The van der Waals surface area contributed by atoms with E-state index in [1.165, 1.54) is 15.6 Å². The molecule has 0 amide bonds. The van der Waals surface area contributed by atoms with Crippen molar-refractivity contribution >= 4 is 15.9 Å². The molecule has 0 nitrogen and oxygen atoms in total. The average molecular weight is 253 g/mol. The Bertz CT molecular complexity index is 315. The van der Waals surface area contributed by atoms with Gasteiger partial charge in [-0.05, 0) is 36.0 Å². The first-order chi connectivity index (χ1) is 6.67. The van der Waals surface area contributed by atoms with Crippen molar-refractivity contribution in [3.05, 3.63) is 46.5 Å². The maximum Gasteiger partial charge on any atom is 0.0209 e. The minimum atomic E-state index is 0.550. The van der Waals surface area contributed by atoms with E-state index >= 15 is 0 Å². The summed E-state index contributed by atoms with van der Waals surface area (Å²) in [6, 6.07) is 6.64. The predicted molar refractivity (Wildman–Crippen MR) is 66.6 cm³/mol. The second-order valence-electron chi connectivity index (χ2n) is 3.70. The van der Waals surface area contributed by atoms with Gasteiger partial charge in [0, 0.05) is 4.47 Å². The van der Waals surface area contributed by atoms with E-state index in [2.05, 4.69) is 54.6 Å². The quantitative estimate of drug-likeness (QED) is 0.699. The largest absolute Gasteiger partial charge is 0.103 e. The number of benzene rings is 1. The van der Waals surface area contributed by atoms with E-state index < -0.39 is 0 Å². The topological polar surface area (TPSA) is 0 Å². The van der Waals surface area contributed by atoms with Gasteiger partial charge in [-0.15, -0.1) is 6.58 Å². The molecule has 1 aromatic rings. The summed E-state index contributed by atoms with van der Waals surface area (Å²) in [7, 11) is 0. The summed E-state index contributed by atoms with van der Waals surface area (Å²) in [4.78, 5) is 0. The Morgan fingerprint density at radius 1 is 1.50 bits per heavy atom. The van der Waals surface area contributed by atoms with Gasteiger partial charge in [0.25, 0.3) is 0 Å². The minimum absolute atomic E-state index is 0.550. The summed E-state index contributed by atoms with van der Waals surface area (Å²) in [5.74, 6) is 0.550. The van der Waals surface area contributed by atoms with Crippen LogP contribution in [-0.2, 0) is 12.8 Å². The van der Waals surface area contributed by atoms with Crippen molar-refractivity contribution in [2.75, 3.05) is 0 Å². The molecule has 0 aromatic heterocycles. The normalized spacial score (nSPS) is 12.5. The Hall–Kier alpha value is -0.560. The molecular weight excluding hydrogens is 236 g/mol. The molecule has 0 heterocycles. The van der Waals surface area contributed by atoms with E-state index in [1.54, 1.807) is 0 Å². The van der Waals surface area contributed by atoms with E-state index in [0.717, 1.165) is 12.8 Å². The lowest BCUT2D eigenvalue weighted by molar-refractivity contribution is 0.725. The van der Waals surface area contributed by atoms with Crippen molar-refractivity contribution in [3.63, 3.8) is 0 Å². The van der Waals surface area contributed by atoms with Crippen molar-refractivity contribution in [2.45, 2.75) is 26.7 Å². The van der Waals surface area contributed by atoms with Crippen LogP contribution in [0.15, 0.2) is 35.3 Å². The number of rotatable bonds is 4. The van der Waals surface area contributed by atoms with Crippen LogP contribution < -0.4 is 0 Å². The molecule has 0 aliphatic rings. The maximum atomic E-state index is 3.80. The predicted octanol–water partition coefficient (Wildman–Crippen LogP) is 4.38. The van der Waals surface area contributed by atoms with Crippen molar-refractivity contribution in [1.29, 1.82) is 0 Å². The van der Waals surface area contributed by atoms with E-state index in [-0.39, 0.29) is 0 Å². The zero-order valence-electron chi connectivity index (χ0n) is 8.89. The van der Waals surface area contributed by atoms with Crippen LogP contribution >= 0.6 is 15.9 Å². The van der Waals surface area contributed by atoms with Crippen molar-refractivity contribution in [1.82, 2.24) is 0 Å². The molecule has 1 atom stereocenters. The molecule has 0 N–H and O–H groups in total. The Labute approximate surface area is 95.2 Å². The van der Waals surface area contributed by atoms with Crippen LogP contribution in [0.5, 0.6) is 0 Å². The SMILES string of the molecule is C=CC(C)Cc1ccc(CC)c(Br)c1. The highest BCUT2D eigenvalue weighted by atomic mass is 79.9. The maximum absolute atomic E-state index is 3.80. The summed E-state index contributed by atoms with van der Waals surface area (Å²) >= 11 is 3.59. The zero-order valence-corrected chi connectivity index (χ0v) is 10.5. The van der Waals surface area contributed by atoms with E-state index in [1.807, 2.05) is 6.08 Å². The molecule has 1 rings (SSSR count). The molecule has 1 unspecified atom stereocenters. The van der Waals surface area contributed by atoms with Gasteiger partial charge in [-0.25, -0.2) is 0 Å². The third-order valence-electron chi connectivity index (χ3n) is 2.46. The second kappa shape index (κ2) is 5.35. The fourth-order valence-corrected chi connectivity index (χ4v) is 2.17. The van der Waals surface area contributed by atoms with Crippen LogP contribution in [0.4, 0.5) is 0 Å². The second-order valence-corrected chi connectivity index (χ2v) is 4.55. The minimum Gasteiger partial charge on any atom is -0.103 e. The number of hydrogen-bond donors (Lipinski definition) is 0. The van der Waals surface area contributed by atoms with Crippen LogP contribution in [0.3, 0.4) is 0 Å². The summed E-state index contributed by atoms with van der Waals surface area (Å²) in [5, 5.41) is 0. The zero-order chi connectivity index (χ0) is 10.6. The van der Waals surface area contributed by atoms with Gasteiger partial charge < -0.3 is 0 Å². The van der Waals surface area contributed by atoms with Crippen molar-refractivity contribution < 1.29 is 0 Å². The summed E-state index contributed by atoms with van der Waals surface area (Å²) < 4.78 is 1.23. The van der Waals surface area contributed by atoms with Gasteiger partial charge in [0.2, 0.25) is 0 Å². The number of hydrogen-bond acceptors (Lipinski definition) is 0. The Balaban J connectivity index is 2.80. The highest BCUT2D eigenvalue weighted by Gasteiger charge is 2.02. The molecule has 1 heteroatoms. The van der Waals surface area contributed by atoms with Crippen LogP contribution in [-0.4, -0.2) is 0 Å². The summed E-state index contributed by atoms with van der Waals surface area (Å²) in [5.41, 5.74) is 2.75. The fraction of sp³-hybridized carbons (Fsp3) is 0.385. The first-order valence-electron chi connectivity index (χ1n) is 5.07. The van der Waals surface area contributed by atoms with Gasteiger partial charge in [0.1, 0.15) is 0 Å². The van der Waals surface area contributed by atoms with E-state index in [9.17, 15) is 0 Å². The van der Waals surface area contributed by atoms with Crippen LogP contribution in [0.2, 0.25) is 0 Å². The smallest absolute Gasteiger partial charge is 0.0209 e. The molecular formula is C13H17Br. The molecule has 0 saturated carbocycles. The molecule has 0 spiro atoms. The highest BCUT2D eigenvalue weighted by molar-refractivity contribution is 9.10. The average Bonchev–Trinajstić information content (AvgIpc) is 2.18.